The molecule has 2 N–H and O–H groups in total. The average Bonchev–Trinajstić information content (AvgIpc) is 3.10. The molecule has 11 atom stereocenters. The summed E-state index contributed by atoms with van der Waals surface area (Å²) in [5, 5.41) is 22.9. The summed E-state index contributed by atoms with van der Waals surface area (Å²) >= 11 is 0. The van der Waals surface area contributed by atoms with E-state index in [4.69, 9.17) is 9.47 Å². The van der Waals surface area contributed by atoms with Crippen molar-refractivity contribution in [3.8, 4) is 0 Å². The lowest BCUT2D eigenvalue weighted by molar-refractivity contribution is -0.448. The van der Waals surface area contributed by atoms with Gasteiger partial charge in [-0.15, -0.1) is 0 Å². The summed E-state index contributed by atoms with van der Waals surface area (Å²) in [4.78, 5) is 2.53. The van der Waals surface area contributed by atoms with Gasteiger partial charge in [0.05, 0.1) is 24.4 Å². The molecule has 9 fully saturated rings. The van der Waals surface area contributed by atoms with Gasteiger partial charge in [-0.05, 0) is 57.3 Å². The minimum Gasteiger partial charge on any atom is -0.390 e. The van der Waals surface area contributed by atoms with Crippen molar-refractivity contribution in [2.75, 3.05) is 13.2 Å². The van der Waals surface area contributed by atoms with Crippen LogP contribution in [-0.4, -0.2) is 58.5 Å². The Morgan fingerprint density at radius 1 is 1.11 bits per heavy atom. The molecule has 0 aromatic carbocycles. The Morgan fingerprint density at radius 3 is 2.78 bits per heavy atom. The predicted molar refractivity (Wildman–Crippen MR) is 97.5 cm³/mol. The van der Waals surface area contributed by atoms with Crippen LogP contribution in [0.25, 0.3) is 0 Å². The second-order valence-electron chi connectivity index (χ2n) is 11.6. The van der Waals surface area contributed by atoms with E-state index in [1.54, 1.807) is 0 Å². The number of ether oxygens (including phenoxy) is 2. The Morgan fingerprint density at radius 2 is 1.96 bits per heavy atom. The maximum atomic E-state index is 11.7. The minimum absolute atomic E-state index is 0.0213. The Bertz CT molecular complexity index is 712. The first-order valence-electron chi connectivity index (χ1n) is 11.3. The van der Waals surface area contributed by atoms with Crippen molar-refractivity contribution in [3.05, 3.63) is 0 Å². The van der Waals surface area contributed by atoms with Gasteiger partial charge in [0, 0.05) is 28.7 Å². The van der Waals surface area contributed by atoms with Crippen LogP contribution in [0.15, 0.2) is 0 Å². The summed E-state index contributed by atoms with van der Waals surface area (Å²) in [6.45, 7) is 6.18. The van der Waals surface area contributed by atoms with Gasteiger partial charge in [0.1, 0.15) is 12.5 Å². The van der Waals surface area contributed by atoms with Gasteiger partial charge < -0.3 is 19.7 Å². The number of rotatable bonds is 0. The minimum atomic E-state index is -0.599. The topological polar surface area (TPSA) is 62.2 Å². The molecular formula is C22H33NO4. The van der Waals surface area contributed by atoms with E-state index in [0.717, 1.165) is 45.3 Å². The van der Waals surface area contributed by atoms with Crippen LogP contribution in [-0.2, 0) is 9.47 Å². The number of aliphatic hydroxyl groups excluding tert-OH is 1. The van der Waals surface area contributed by atoms with Gasteiger partial charge in [0.15, 0.2) is 0 Å². The molecule has 7 bridgehead atoms. The molecule has 0 radical (unpaired) electrons. The number of hydrogen-bond acceptors (Lipinski definition) is 5. The summed E-state index contributed by atoms with van der Waals surface area (Å²) < 4.78 is 13.1. The van der Waals surface area contributed by atoms with E-state index in [1.807, 2.05) is 6.92 Å². The highest BCUT2D eigenvalue weighted by Crippen LogP contribution is 2.79. The van der Waals surface area contributed by atoms with Crippen molar-refractivity contribution in [3.63, 3.8) is 0 Å². The van der Waals surface area contributed by atoms with E-state index in [-0.39, 0.29) is 40.7 Å². The van der Waals surface area contributed by atoms with Crippen LogP contribution in [0.5, 0.6) is 0 Å². The molecule has 5 saturated carbocycles. The number of hydrogen-bond donors (Lipinski definition) is 2. The van der Waals surface area contributed by atoms with Crippen molar-refractivity contribution >= 4 is 0 Å². The molecule has 4 aliphatic heterocycles. The van der Waals surface area contributed by atoms with Crippen LogP contribution >= 0.6 is 0 Å². The van der Waals surface area contributed by atoms with Gasteiger partial charge in [-0.25, -0.2) is 4.90 Å². The van der Waals surface area contributed by atoms with Crippen molar-refractivity contribution < 1.29 is 19.7 Å². The summed E-state index contributed by atoms with van der Waals surface area (Å²) in [6, 6.07) is 0. The van der Waals surface area contributed by atoms with Crippen molar-refractivity contribution in [2.24, 2.45) is 34.0 Å². The van der Waals surface area contributed by atoms with Crippen molar-refractivity contribution in [2.45, 2.75) is 89.1 Å². The van der Waals surface area contributed by atoms with Crippen LogP contribution in [0.1, 0.15) is 58.8 Å². The number of fused-ring (bicyclic) bond motifs is 4. The zero-order valence-corrected chi connectivity index (χ0v) is 16.6. The van der Waals surface area contributed by atoms with Gasteiger partial charge in [-0.1, -0.05) is 13.3 Å². The quantitative estimate of drug-likeness (QED) is 0.679. The SMILES string of the molecule is C[C@@]12CCC[C@]34[C@@H]1[C@H](O)[C@H](O[C@H]3N1CCO[C@@H]12)[C@@]12CC[C@@H](C[C@@H]14)[C@@](C)(O)C2. The first-order chi connectivity index (χ1) is 12.8. The smallest absolute Gasteiger partial charge is 0.119 e. The highest BCUT2D eigenvalue weighted by Gasteiger charge is 2.82. The molecule has 150 valence electrons. The third-order valence-corrected chi connectivity index (χ3v) is 10.7. The zero-order chi connectivity index (χ0) is 18.4. The Balaban J connectivity index is 1.45. The van der Waals surface area contributed by atoms with Crippen molar-refractivity contribution in [1.29, 1.82) is 0 Å². The van der Waals surface area contributed by atoms with E-state index < -0.39 is 11.7 Å². The monoisotopic (exact) mass is 375 g/mol. The van der Waals surface area contributed by atoms with E-state index >= 15 is 0 Å². The average molecular weight is 376 g/mol. The molecule has 0 aromatic heterocycles. The second kappa shape index (κ2) is 4.59. The zero-order valence-electron chi connectivity index (χ0n) is 16.6. The first-order valence-corrected chi connectivity index (χ1v) is 11.3. The third kappa shape index (κ3) is 1.53. The van der Waals surface area contributed by atoms with Gasteiger partial charge in [0.2, 0.25) is 0 Å². The number of nitrogens with zero attached hydrogens (tertiary/aromatic N) is 1. The fourth-order valence-corrected chi connectivity index (χ4v) is 10.2. The van der Waals surface area contributed by atoms with E-state index in [9.17, 15) is 10.2 Å². The standard InChI is InChI=1S/C22H33NO4/c1-19-5-3-6-22-13-10-12-4-7-21(13,11-20(12,2)25)16(14(24)15(19)22)27-18(22)23-8-9-26-17(19)23/h12-18,24-25H,3-11H2,1-2H3/t12-,13-,14-,15+,16-,17+,18+,19+,20-,21+,22-/m0/s1. The molecular weight excluding hydrogens is 342 g/mol. The number of piperidine rings is 1. The highest BCUT2D eigenvalue weighted by atomic mass is 16.6. The van der Waals surface area contributed by atoms with E-state index in [0.29, 0.717) is 11.8 Å². The molecule has 0 unspecified atom stereocenters. The lowest BCUT2D eigenvalue weighted by Gasteiger charge is -2.81. The van der Waals surface area contributed by atoms with Gasteiger partial charge in [-0.2, -0.15) is 0 Å². The molecule has 4 heterocycles. The van der Waals surface area contributed by atoms with Crippen LogP contribution in [0, 0.1) is 34.0 Å². The molecule has 9 rings (SSSR count). The molecule has 0 amide bonds. The van der Waals surface area contributed by atoms with Gasteiger partial charge in [-0.3, -0.25) is 0 Å². The Kier molecular flexibility index (Phi) is 2.82. The van der Waals surface area contributed by atoms with E-state index in [2.05, 4.69) is 11.8 Å². The van der Waals surface area contributed by atoms with Crippen LogP contribution < -0.4 is 0 Å². The van der Waals surface area contributed by atoms with Crippen LogP contribution in [0.2, 0.25) is 0 Å². The molecule has 27 heavy (non-hydrogen) atoms. The Hall–Kier alpha value is -0.200. The second-order valence-corrected chi connectivity index (χ2v) is 11.6. The van der Waals surface area contributed by atoms with Crippen LogP contribution in [0.3, 0.4) is 0 Å². The molecule has 0 aromatic rings. The normalized spacial score (nSPS) is 68.7. The first kappa shape index (κ1) is 16.6. The molecule has 9 aliphatic rings. The summed E-state index contributed by atoms with van der Waals surface area (Å²) in [5.41, 5.74) is -0.567. The maximum Gasteiger partial charge on any atom is 0.119 e. The van der Waals surface area contributed by atoms with E-state index in [1.165, 1.54) is 12.8 Å². The fourth-order valence-electron chi connectivity index (χ4n) is 10.2. The van der Waals surface area contributed by atoms with Crippen molar-refractivity contribution in [1.82, 2.24) is 4.90 Å². The highest BCUT2D eigenvalue weighted by molar-refractivity contribution is 5.28. The summed E-state index contributed by atoms with van der Waals surface area (Å²) in [6.07, 6.45) is 7.37. The molecule has 5 nitrogen and oxygen atoms in total. The summed E-state index contributed by atoms with van der Waals surface area (Å²) in [5.74, 6) is 1.28. The lowest BCUT2D eigenvalue weighted by atomic mass is 9.31. The fraction of sp³-hybridized carbons (Fsp3) is 1.00. The number of aliphatic hydroxyl groups is 2. The molecule has 5 heteroatoms. The van der Waals surface area contributed by atoms with Gasteiger partial charge >= 0.3 is 0 Å². The predicted octanol–water partition coefficient (Wildman–Crippen LogP) is 2.11. The summed E-state index contributed by atoms with van der Waals surface area (Å²) in [7, 11) is 0. The maximum absolute atomic E-state index is 11.7. The Labute approximate surface area is 161 Å². The lowest BCUT2D eigenvalue weighted by Crippen LogP contribution is -2.86. The molecule has 2 spiro atoms. The molecule has 4 saturated heterocycles. The van der Waals surface area contributed by atoms with Crippen LogP contribution in [0.4, 0.5) is 0 Å². The third-order valence-electron chi connectivity index (χ3n) is 10.7. The molecule has 5 aliphatic carbocycles. The largest absolute Gasteiger partial charge is 0.390 e. The van der Waals surface area contributed by atoms with Gasteiger partial charge in [0.25, 0.3) is 0 Å².